The molecule has 106 valence electrons. The van der Waals surface area contributed by atoms with E-state index in [0.717, 1.165) is 28.5 Å². The number of nitrogens with two attached hydrogens (primary N) is 1. The molecule has 20 heavy (non-hydrogen) atoms. The van der Waals surface area contributed by atoms with Crippen LogP contribution in [0.1, 0.15) is 49.5 Å². The van der Waals surface area contributed by atoms with Crippen molar-refractivity contribution >= 4 is 5.69 Å². The fraction of sp³-hybridized carbons (Fsp3) is 0.500. The number of hydrogen-bond donors (Lipinski definition) is 1. The lowest BCUT2D eigenvalue weighted by atomic mass is 9.94. The van der Waals surface area contributed by atoms with Crippen LogP contribution in [0.2, 0.25) is 0 Å². The Morgan fingerprint density at radius 3 is 2.55 bits per heavy atom. The zero-order chi connectivity index (χ0) is 14.1. The van der Waals surface area contributed by atoms with Crippen molar-refractivity contribution in [2.24, 2.45) is 0 Å². The maximum Gasteiger partial charge on any atom is 0.164 e. The van der Waals surface area contributed by atoms with E-state index in [1.54, 1.807) is 0 Å². The van der Waals surface area contributed by atoms with Gasteiger partial charge in [-0.1, -0.05) is 19.3 Å². The summed E-state index contributed by atoms with van der Waals surface area (Å²) in [7, 11) is 0. The number of benzene rings is 1. The number of aromatic nitrogens is 3. The van der Waals surface area contributed by atoms with Gasteiger partial charge in [0.2, 0.25) is 0 Å². The van der Waals surface area contributed by atoms with Crippen molar-refractivity contribution in [2.45, 2.75) is 52.0 Å². The molecule has 1 aliphatic carbocycles. The number of nitrogen functional groups attached to an aromatic ring is 1. The first-order chi connectivity index (χ1) is 9.66. The summed E-state index contributed by atoms with van der Waals surface area (Å²) >= 11 is 0. The molecule has 4 heteroatoms. The normalized spacial score (nSPS) is 16.5. The van der Waals surface area contributed by atoms with Gasteiger partial charge in [-0.25, -0.2) is 0 Å². The number of hydrogen-bond acceptors (Lipinski definition) is 3. The van der Waals surface area contributed by atoms with Crippen LogP contribution < -0.4 is 5.73 Å². The van der Waals surface area contributed by atoms with Crippen molar-refractivity contribution in [1.29, 1.82) is 0 Å². The molecule has 1 aromatic heterocycles. The van der Waals surface area contributed by atoms with Crippen LogP contribution in [-0.2, 0) is 0 Å². The summed E-state index contributed by atoms with van der Waals surface area (Å²) in [5.74, 6) is 2.01. The van der Waals surface area contributed by atoms with Crippen molar-refractivity contribution in [3.8, 4) is 11.4 Å². The largest absolute Gasteiger partial charge is 0.399 e. The number of anilines is 1. The lowest BCUT2D eigenvalue weighted by Crippen LogP contribution is -2.15. The fourth-order valence-corrected chi connectivity index (χ4v) is 3.27. The zero-order valence-electron chi connectivity index (χ0n) is 12.3. The molecule has 1 aliphatic rings. The van der Waals surface area contributed by atoms with Crippen LogP contribution in [0.15, 0.2) is 18.2 Å². The third-order valence-electron chi connectivity index (χ3n) is 4.30. The van der Waals surface area contributed by atoms with Crippen LogP contribution in [0.5, 0.6) is 0 Å². The zero-order valence-corrected chi connectivity index (χ0v) is 12.3. The highest BCUT2D eigenvalue weighted by atomic mass is 15.3. The third kappa shape index (κ3) is 2.30. The van der Waals surface area contributed by atoms with Crippen LogP contribution in [0.25, 0.3) is 11.4 Å². The second-order valence-corrected chi connectivity index (χ2v) is 5.81. The molecule has 1 saturated carbocycles. The minimum Gasteiger partial charge on any atom is -0.399 e. The Morgan fingerprint density at radius 1 is 1.10 bits per heavy atom. The van der Waals surface area contributed by atoms with Gasteiger partial charge in [0.1, 0.15) is 5.82 Å². The smallest absolute Gasteiger partial charge is 0.164 e. The second-order valence-electron chi connectivity index (χ2n) is 5.81. The first-order valence-corrected chi connectivity index (χ1v) is 7.45. The maximum atomic E-state index is 5.85. The second kappa shape index (κ2) is 5.27. The molecule has 0 aliphatic heterocycles. The Bertz CT molecular complexity index is 609. The molecular weight excluding hydrogens is 248 g/mol. The summed E-state index contributed by atoms with van der Waals surface area (Å²) in [5.41, 5.74) is 8.95. The van der Waals surface area contributed by atoms with E-state index in [0.29, 0.717) is 6.04 Å². The van der Waals surface area contributed by atoms with Crippen LogP contribution in [0.4, 0.5) is 5.69 Å². The molecule has 1 heterocycles. The van der Waals surface area contributed by atoms with Crippen LogP contribution in [0.3, 0.4) is 0 Å². The van der Waals surface area contributed by atoms with Gasteiger partial charge in [-0.15, -0.1) is 10.2 Å². The minimum atomic E-state index is 0.547. The Balaban J connectivity index is 2.05. The fourth-order valence-electron chi connectivity index (χ4n) is 3.27. The van der Waals surface area contributed by atoms with Crippen LogP contribution in [0, 0.1) is 13.8 Å². The maximum absolute atomic E-state index is 5.85. The molecule has 3 rings (SSSR count). The average Bonchev–Trinajstić information content (AvgIpc) is 2.81. The number of rotatable bonds is 2. The molecule has 2 N–H and O–H groups in total. The van der Waals surface area contributed by atoms with Crippen molar-refractivity contribution in [3.63, 3.8) is 0 Å². The standard InChI is InChI=1S/C16H22N4/c1-11-10-13(17)8-9-15(11)16-19-18-12(2)20(16)14-6-4-3-5-7-14/h8-10,14H,3-7,17H2,1-2H3. The highest BCUT2D eigenvalue weighted by molar-refractivity contribution is 5.64. The summed E-state index contributed by atoms with van der Waals surface area (Å²) in [6.07, 6.45) is 6.44. The van der Waals surface area contributed by atoms with E-state index in [2.05, 4.69) is 34.7 Å². The molecule has 0 spiro atoms. The van der Waals surface area contributed by atoms with Crippen molar-refractivity contribution in [1.82, 2.24) is 14.8 Å². The first-order valence-electron chi connectivity index (χ1n) is 7.45. The highest BCUT2D eigenvalue weighted by Gasteiger charge is 2.22. The lowest BCUT2D eigenvalue weighted by Gasteiger charge is -2.25. The Morgan fingerprint density at radius 2 is 1.85 bits per heavy atom. The van der Waals surface area contributed by atoms with E-state index >= 15 is 0 Å². The molecule has 0 radical (unpaired) electrons. The van der Waals surface area contributed by atoms with Gasteiger partial charge in [0, 0.05) is 17.3 Å². The van der Waals surface area contributed by atoms with E-state index in [4.69, 9.17) is 5.73 Å². The molecule has 0 unspecified atom stereocenters. The van der Waals surface area contributed by atoms with E-state index < -0.39 is 0 Å². The predicted octanol–water partition coefficient (Wildman–Crippen LogP) is 3.65. The van der Waals surface area contributed by atoms with E-state index in [1.807, 2.05) is 12.1 Å². The van der Waals surface area contributed by atoms with Crippen LogP contribution in [-0.4, -0.2) is 14.8 Å². The quantitative estimate of drug-likeness (QED) is 0.847. The van der Waals surface area contributed by atoms with Gasteiger partial charge in [-0.05, 0) is 50.5 Å². The first kappa shape index (κ1) is 13.2. The third-order valence-corrected chi connectivity index (χ3v) is 4.30. The van der Waals surface area contributed by atoms with Gasteiger partial charge < -0.3 is 10.3 Å². The molecule has 0 amide bonds. The topological polar surface area (TPSA) is 56.7 Å². The Hall–Kier alpha value is -1.84. The summed E-state index contributed by atoms with van der Waals surface area (Å²) in [5, 5.41) is 8.74. The molecule has 2 aromatic rings. The van der Waals surface area contributed by atoms with Crippen LogP contribution >= 0.6 is 0 Å². The number of aryl methyl sites for hydroxylation is 2. The van der Waals surface area contributed by atoms with Crippen molar-refractivity contribution in [2.75, 3.05) is 5.73 Å². The minimum absolute atomic E-state index is 0.547. The average molecular weight is 270 g/mol. The lowest BCUT2D eigenvalue weighted by molar-refractivity contribution is 0.350. The highest BCUT2D eigenvalue weighted by Crippen LogP contribution is 2.33. The van der Waals surface area contributed by atoms with E-state index in [9.17, 15) is 0 Å². The number of nitrogens with zero attached hydrogens (tertiary/aromatic N) is 3. The Labute approximate surface area is 120 Å². The SMILES string of the molecule is Cc1cc(N)ccc1-c1nnc(C)n1C1CCCCC1. The van der Waals surface area contributed by atoms with Gasteiger partial charge in [-0.2, -0.15) is 0 Å². The van der Waals surface area contributed by atoms with Crippen molar-refractivity contribution < 1.29 is 0 Å². The van der Waals surface area contributed by atoms with Gasteiger partial charge in [0.05, 0.1) is 0 Å². The summed E-state index contributed by atoms with van der Waals surface area (Å²) in [4.78, 5) is 0. The summed E-state index contributed by atoms with van der Waals surface area (Å²) in [6, 6.07) is 6.56. The van der Waals surface area contributed by atoms with Gasteiger partial charge in [0.15, 0.2) is 5.82 Å². The van der Waals surface area contributed by atoms with Gasteiger partial charge >= 0.3 is 0 Å². The molecular formula is C16H22N4. The van der Waals surface area contributed by atoms with E-state index in [-0.39, 0.29) is 0 Å². The van der Waals surface area contributed by atoms with Crippen molar-refractivity contribution in [3.05, 3.63) is 29.6 Å². The molecule has 1 fully saturated rings. The Kier molecular flexibility index (Phi) is 3.47. The molecule has 4 nitrogen and oxygen atoms in total. The van der Waals surface area contributed by atoms with Gasteiger partial charge in [0.25, 0.3) is 0 Å². The monoisotopic (exact) mass is 270 g/mol. The van der Waals surface area contributed by atoms with E-state index in [1.165, 1.54) is 32.1 Å². The molecule has 0 bridgehead atoms. The molecule has 0 atom stereocenters. The summed E-state index contributed by atoms with van der Waals surface area (Å²) in [6.45, 7) is 4.14. The van der Waals surface area contributed by atoms with Gasteiger partial charge in [-0.3, -0.25) is 0 Å². The molecule has 1 aromatic carbocycles. The molecule has 0 saturated heterocycles. The summed E-state index contributed by atoms with van der Waals surface area (Å²) < 4.78 is 2.33. The predicted molar refractivity (Wildman–Crippen MR) is 81.5 cm³/mol.